The Morgan fingerprint density at radius 3 is 2.27 bits per heavy atom. The summed E-state index contributed by atoms with van der Waals surface area (Å²) in [5, 5.41) is 0. The summed E-state index contributed by atoms with van der Waals surface area (Å²) in [4.78, 5) is 21.4. The zero-order valence-corrected chi connectivity index (χ0v) is 6.63. The molecule has 0 spiro atoms. The Hall–Kier alpha value is -0.860. The van der Waals surface area contributed by atoms with Crippen molar-refractivity contribution in [1.29, 1.82) is 0 Å². The van der Waals surface area contributed by atoms with Gasteiger partial charge in [0.15, 0.2) is 0 Å². The first-order valence-electron chi connectivity index (χ1n) is 3.92. The summed E-state index contributed by atoms with van der Waals surface area (Å²) in [6, 6.07) is 0. The normalized spacial score (nSPS) is 18.3. The summed E-state index contributed by atoms with van der Waals surface area (Å²) in [7, 11) is 0. The van der Waals surface area contributed by atoms with Gasteiger partial charge in [-0.05, 0) is 12.8 Å². The number of hydrogen-bond acceptors (Lipinski definition) is 3. The lowest BCUT2D eigenvalue weighted by atomic mass is 10.1. The lowest BCUT2D eigenvalue weighted by Crippen LogP contribution is -2.17. The van der Waals surface area contributed by atoms with Crippen LogP contribution >= 0.6 is 0 Å². The molecule has 62 valence electrons. The van der Waals surface area contributed by atoms with Crippen LogP contribution in [0.15, 0.2) is 0 Å². The quantitative estimate of drug-likeness (QED) is 0.424. The number of hydrogen-bond donors (Lipinski definition) is 0. The SMILES string of the molecule is CC(=O)OC(=O)C1CCCC1. The molecular weight excluding hydrogens is 144 g/mol. The summed E-state index contributed by atoms with van der Waals surface area (Å²) in [5.41, 5.74) is 0. The van der Waals surface area contributed by atoms with Crippen molar-refractivity contribution in [2.75, 3.05) is 0 Å². The first-order valence-corrected chi connectivity index (χ1v) is 3.92. The van der Waals surface area contributed by atoms with E-state index in [2.05, 4.69) is 4.74 Å². The van der Waals surface area contributed by atoms with Crippen LogP contribution in [-0.2, 0) is 14.3 Å². The summed E-state index contributed by atoms with van der Waals surface area (Å²) >= 11 is 0. The highest BCUT2D eigenvalue weighted by atomic mass is 16.6. The lowest BCUT2D eigenvalue weighted by molar-refractivity contribution is -0.161. The third kappa shape index (κ3) is 2.33. The summed E-state index contributed by atoms with van der Waals surface area (Å²) in [5.74, 6) is -0.851. The third-order valence-corrected chi connectivity index (χ3v) is 1.93. The fraction of sp³-hybridized carbons (Fsp3) is 0.750. The van der Waals surface area contributed by atoms with Crippen LogP contribution in [0.5, 0.6) is 0 Å². The largest absolute Gasteiger partial charge is 0.393 e. The standard InChI is InChI=1S/C8H12O3/c1-6(9)11-8(10)7-4-2-3-5-7/h7H,2-5H2,1H3. The molecule has 0 aromatic heterocycles. The van der Waals surface area contributed by atoms with Gasteiger partial charge in [0.1, 0.15) is 0 Å². The minimum absolute atomic E-state index is 0.0149. The van der Waals surface area contributed by atoms with Gasteiger partial charge in [-0.25, -0.2) is 0 Å². The highest BCUT2D eigenvalue weighted by Crippen LogP contribution is 2.25. The Morgan fingerprint density at radius 2 is 1.82 bits per heavy atom. The topological polar surface area (TPSA) is 43.4 Å². The molecule has 3 nitrogen and oxygen atoms in total. The first-order chi connectivity index (χ1) is 5.20. The Kier molecular flexibility index (Phi) is 2.63. The smallest absolute Gasteiger partial charge is 0.316 e. The molecule has 0 radical (unpaired) electrons. The molecule has 1 aliphatic carbocycles. The van der Waals surface area contributed by atoms with Gasteiger partial charge in [-0.2, -0.15) is 0 Å². The predicted octanol–water partition coefficient (Wildman–Crippen LogP) is 1.27. The van der Waals surface area contributed by atoms with Gasteiger partial charge in [0.25, 0.3) is 0 Å². The van der Waals surface area contributed by atoms with E-state index in [-0.39, 0.29) is 11.9 Å². The molecule has 0 atom stereocenters. The van der Waals surface area contributed by atoms with Crippen LogP contribution < -0.4 is 0 Å². The molecule has 1 saturated carbocycles. The minimum atomic E-state index is -0.498. The first kappa shape index (κ1) is 8.24. The van der Waals surface area contributed by atoms with Crippen molar-refractivity contribution in [3.63, 3.8) is 0 Å². The molecule has 3 heteroatoms. The Labute approximate surface area is 65.7 Å². The van der Waals surface area contributed by atoms with Crippen molar-refractivity contribution in [1.82, 2.24) is 0 Å². The van der Waals surface area contributed by atoms with Crippen molar-refractivity contribution >= 4 is 11.9 Å². The molecule has 11 heavy (non-hydrogen) atoms. The summed E-state index contributed by atoms with van der Waals surface area (Å²) in [6.07, 6.45) is 3.92. The van der Waals surface area contributed by atoms with Crippen molar-refractivity contribution in [2.45, 2.75) is 32.6 Å². The average Bonchev–Trinajstić information content (AvgIpc) is 2.35. The van der Waals surface area contributed by atoms with Gasteiger partial charge in [0.05, 0.1) is 5.92 Å². The van der Waals surface area contributed by atoms with Gasteiger partial charge >= 0.3 is 11.9 Å². The zero-order valence-electron chi connectivity index (χ0n) is 6.63. The van der Waals surface area contributed by atoms with Gasteiger partial charge in [0, 0.05) is 6.92 Å². The van der Waals surface area contributed by atoms with E-state index in [0.29, 0.717) is 0 Å². The second kappa shape index (κ2) is 3.51. The van der Waals surface area contributed by atoms with Crippen molar-refractivity contribution in [3.8, 4) is 0 Å². The molecule has 0 aromatic carbocycles. The minimum Gasteiger partial charge on any atom is -0.393 e. The molecule has 1 aliphatic rings. The monoisotopic (exact) mass is 156 g/mol. The van der Waals surface area contributed by atoms with Crippen LogP contribution in [0.2, 0.25) is 0 Å². The number of carbonyl (C=O) groups excluding carboxylic acids is 2. The van der Waals surface area contributed by atoms with Crippen molar-refractivity contribution in [3.05, 3.63) is 0 Å². The third-order valence-electron chi connectivity index (χ3n) is 1.93. The number of ether oxygens (including phenoxy) is 1. The second-order valence-corrected chi connectivity index (χ2v) is 2.89. The van der Waals surface area contributed by atoms with Crippen LogP contribution in [0.3, 0.4) is 0 Å². The van der Waals surface area contributed by atoms with Gasteiger partial charge in [-0.3, -0.25) is 9.59 Å². The van der Waals surface area contributed by atoms with Gasteiger partial charge in [0.2, 0.25) is 0 Å². The summed E-state index contributed by atoms with van der Waals surface area (Å²) < 4.78 is 4.46. The van der Waals surface area contributed by atoms with Gasteiger partial charge < -0.3 is 4.74 Å². The second-order valence-electron chi connectivity index (χ2n) is 2.89. The molecule has 0 heterocycles. The van der Waals surface area contributed by atoms with E-state index in [1.807, 2.05) is 0 Å². The van der Waals surface area contributed by atoms with Gasteiger partial charge in [-0.15, -0.1) is 0 Å². The molecule has 0 aliphatic heterocycles. The summed E-state index contributed by atoms with van der Waals surface area (Å²) in [6.45, 7) is 1.26. The average molecular weight is 156 g/mol. The van der Waals surface area contributed by atoms with Crippen LogP contribution in [-0.4, -0.2) is 11.9 Å². The maximum absolute atomic E-state index is 11.0. The highest BCUT2D eigenvalue weighted by molar-refractivity contribution is 5.85. The number of rotatable bonds is 1. The molecule has 1 rings (SSSR count). The molecule has 1 fully saturated rings. The maximum Gasteiger partial charge on any atom is 0.316 e. The van der Waals surface area contributed by atoms with Crippen LogP contribution in [0.4, 0.5) is 0 Å². The molecule has 0 unspecified atom stereocenters. The van der Waals surface area contributed by atoms with Gasteiger partial charge in [-0.1, -0.05) is 12.8 Å². The Bertz CT molecular complexity index is 168. The Balaban J connectivity index is 2.34. The van der Waals surface area contributed by atoms with Crippen LogP contribution in [0, 0.1) is 5.92 Å². The van der Waals surface area contributed by atoms with Crippen molar-refractivity contribution < 1.29 is 14.3 Å². The van der Waals surface area contributed by atoms with E-state index in [1.54, 1.807) is 0 Å². The lowest BCUT2D eigenvalue weighted by Gasteiger charge is -2.04. The van der Waals surface area contributed by atoms with E-state index < -0.39 is 5.97 Å². The molecule has 0 bridgehead atoms. The van der Waals surface area contributed by atoms with E-state index >= 15 is 0 Å². The molecule has 0 N–H and O–H groups in total. The van der Waals surface area contributed by atoms with E-state index in [9.17, 15) is 9.59 Å². The highest BCUT2D eigenvalue weighted by Gasteiger charge is 2.24. The van der Waals surface area contributed by atoms with Crippen LogP contribution in [0.25, 0.3) is 0 Å². The zero-order chi connectivity index (χ0) is 8.27. The predicted molar refractivity (Wildman–Crippen MR) is 38.7 cm³/mol. The molecular formula is C8H12O3. The maximum atomic E-state index is 11.0. The molecule has 0 amide bonds. The van der Waals surface area contributed by atoms with Crippen molar-refractivity contribution in [2.24, 2.45) is 5.92 Å². The molecule has 0 saturated heterocycles. The number of esters is 2. The molecule has 0 aromatic rings. The Morgan fingerprint density at radius 1 is 1.27 bits per heavy atom. The van der Waals surface area contributed by atoms with E-state index in [0.717, 1.165) is 25.7 Å². The van der Waals surface area contributed by atoms with E-state index in [1.165, 1.54) is 6.92 Å². The fourth-order valence-electron chi connectivity index (χ4n) is 1.39. The fourth-order valence-corrected chi connectivity index (χ4v) is 1.39. The van der Waals surface area contributed by atoms with Crippen LogP contribution in [0.1, 0.15) is 32.6 Å². The number of carbonyl (C=O) groups is 2. The van der Waals surface area contributed by atoms with E-state index in [4.69, 9.17) is 0 Å².